The Morgan fingerprint density at radius 2 is 1.22 bits per heavy atom. The van der Waals surface area contributed by atoms with Crippen molar-refractivity contribution in [2.24, 2.45) is 23.7 Å². The zero-order valence-electron chi connectivity index (χ0n) is 11.6. The van der Waals surface area contributed by atoms with Crippen LogP contribution in [0.3, 0.4) is 0 Å². The van der Waals surface area contributed by atoms with Crippen molar-refractivity contribution < 1.29 is 0 Å². The van der Waals surface area contributed by atoms with Crippen LogP contribution in [-0.4, -0.2) is 0 Å². The van der Waals surface area contributed by atoms with E-state index in [0.29, 0.717) is 0 Å². The number of allylic oxidation sites excluding steroid dienone is 8. The summed E-state index contributed by atoms with van der Waals surface area (Å²) in [5.41, 5.74) is 3.34. The van der Waals surface area contributed by atoms with E-state index in [1.807, 2.05) is 0 Å². The van der Waals surface area contributed by atoms with Crippen LogP contribution in [0.2, 0.25) is 0 Å². The summed E-state index contributed by atoms with van der Waals surface area (Å²) < 4.78 is 0. The molecule has 4 rings (SSSR count). The van der Waals surface area contributed by atoms with Gasteiger partial charge < -0.3 is 0 Å². The topological polar surface area (TPSA) is 0 Å². The summed E-state index contributed by atoms with van der Waals surface area (Å²) >= 11 is 0. The number of hydrogen-bond acceptors (Lipinski definition) is 0. The van der Waals surface area contributed by atoms with Crippen LogP contribution in [0.1, 0.15) is 39.5 Å². The molecule has 0 spiro atoms. The van der Waals surface area contributed by atoms with Crippen molar-refractivity contribution in [2.45, 2.75) is 39.5 Å². The largest absolute Gasteiger partial charge is 0.0878 e. The summed E-state index contributed by atoms with van der Waals surface area (Å²) in [7, 11) is 0. The molecule has 0 aromatic carbocycles. The van der Waals surface area contributed by atoms with Gasteiger partial charge in [-0.3, -0.25) is 0 Å². The second-order valence-electron chi connectivity index (χ2n) is 6.11. The van der Waals surface area contributed by atoms with Crippen molar-refractivity contribution in [3.63, 3.8) is 0 Å². The predicted octanol–water partition coefficient (Wildman–Crippen LogP) is 5.06. The van der Waals surface area contributed by atoms with Gasteiger partial charge in [-0.15, -0.1) is 0 Å². The Bertz CT molecular complexity index is 391. The van der Waals surface area contributed by atoms with Crippen molar-refractivity contribution in [1.29, 1.82) is 0 Å². The fraction of sp³-hybridized carbons (Fsp3) is 0.556. The predicted molar refractivity (Wildman–Crippen MR) is 78.2 cm³/mol. The number of fused-ring (bicyclic) bond motifs is 4. The van der Waals surface area contributed by atoms with Gasteiger partial charge in [0.05, 0.1) is 0 Å². The quantitative estimate of drug-likeness (QED) is 0.519. The third kappa shape index (κ3) is 2.13. The van der Waals surface area contributed by atoms with E-state index in [2.05, 4.69) is 50.3 Å². The first-order chi connectivity index (χ1) is 8.80. The minimum absolute atomic E-state index is 0.833. The van der Waals surface area contributed by atoms with Crippen LogP contribution in [0.25, 0.3) is 0 Å². The molecule has 2 saturated carbocycles. The van der Waals surface area contributed by atoms with Crippen molar-refractivity contribution in [3.8, 4) is 0 Å². The van der Waals surface area contributed by atoms with Crippen molar-refractivity contribution in [2.75, 3.05) is 0 Å². The third-order valence-electron chi connectivity index (χ3n) is 5.03. The van der Waals surface area contributed by atoms with E-state index >= 15 is 0 Å². The van der Waals surface area contributed by atoms with Gasteiger partial charge in [-0.2, -0.15) is 0 Å². The highest BCUT2D eigenvalue weighted by molar-refractivity contribution is 5.27. The summed E-state index contributed by atoms with van der Waals surface area (Å²) in [6, 6.07) is 0. The first-order valence-electron chi connectivity index (χ1n) is 7.47. The van der Waals surface area contributed by atoms with E-state index in [4.69, 9.17) is 0 Å². The van der Waals surface area contributed by atoms with E-state index < -0.39 is 0 Å². The molecule has 0 heteroatoms. The molecular formula is C18H24. The molecule has 0 unspecified atom stereocenters. The van der Waals surface area contributed by atoms with Gasteiger partial charge in [-0.25, -0.2) is 0 Å². The molecule has 0 N–H and O–H groups in total. The van der Waals surface area contributed by atoms with E-state index in [1.54, 1.807) is 11.1 Å². The van der Waals surface area contributed by atoms with Crippen LogP contribution in [0.15, 0.2) is 47.6 Å². The molecule has 0 heterocycles. The molecule has 2 fully saturated rings. The summed E-state index contributed by atoms with van der Waals surface area (Å²) in [5, 5.41) is 0. The van der Waals surface area contributed by atoms with Gasteiger partial charge in [-0.1, -0.05) is 47.6 Å². The van der Waals surface area contributed by atoms with Gasteiger partial charge in [0.15, 0.2) is 0 Å². The van der Waals surface area contributed by atoms with E-state index in [1.165, 1.54) is 25.7 Å². The van der Waals surface area contributed by atoms with Gasteiger partial charge in [0.1, 0.15) is 0 Å². The van der Waals surface area contributed by atoms with Gasteiger partial charge in [0.2, 0.25) is 0 Å². The lowest BCUT2D eigenvalue weighted by Gasteiger charge is -2.05. The summed E-state index contributed by atoms with van der Waals surface area (Å²) in [5.74, 6) is 3.47. The minimum atomic E-state index is 0.833. The Labute approximate surface area is 111 Å². The third-order valence-corrected chi connectivity index (χ3v) is 5.03. The molecule has 96 valence electrons. The maximum atomic E-state index is 2.37. The first-order valence-corrected chi connectivity index (χ1v) is 7.47. The molecular weight excluding hydrogens is 216 g/mol. The fourth-order valence-electron chi connectivity index (χ4n) is 3.97. The van der Waals surface area contributed by atoms with Gasteiger partial charge in [-0.05, 0) is 63.2 Å². The van der Waals surface area contributed by atoms with Gasteiger partial charge >= 0.3 is 0 Å². The average Bonchev–Trinajstić information content (AvgIpc) is 3.17. The molecule has 0 amide bonds. The molecule has 4 atom stereocenters. The Balaban J connectivity index is 0.000000111. The molecule has 4 bridgehead atoms. The lowest BCUT2D eigenvalue weighted by Crippen LogP contribution is -1.90. The lowest BCUT2D eigenvalue weighted by atomic mass is 10.0. The molecule has 0 aromatic rings. The van der Waals surface area contributed by atoms with Crippen LogP contribution in [0.4, 0.5) is 0 Å². The molecule has 0 aromatic heterocycles. The highest BCUT2D eigenvalue weighted by Crippen LogP contribution is 2.43. The first kappa shape index (κ1) is 12.0. The van der Waals surface area contributed by atoms with E-state index in [-0.39, 0.29) is 0 Å². The molecule has 4 aliphatic rings. The van der Waals surface area contributed by atoms with Gasteiger partial charge in [0, 0.05) is 0 Å². The number of rotatable bonds is 0. The van der Waals surface area contributed by atoms with Crippen LogP contribution in [0.5, 0.6) is 0 Å². The van der Waals surface area contributed by atoms with Crippen LogP contribution < -0.4 is 0 Å². The summed E-state index contributed by atoms with van der Waals surface area (Å²) in [6.07, 6.45) is 19.5. The molecule has 4 aliphatic carbocycles. The Morgan fingerprint density at radius 1 is 0.778 bits per heavy atom. The second-order valence-corrected chi connectivity index (χ2v) is 6.11. The normalized spacial score (nSPS) is 43.0. The maximum Gasteiger partial charge on any atom is -0.00174 e. The Hall–Kier alpha value is -1.04. The van der Waals surface area contributed by atoms with Gasteiger partial charge in [0.25, 0.3) is 0 Å². The van der Waals surface area contributed by atoms with Crippen molar-refractivity contribution >= 4 is 0 Å². The average molecular weight is 240 g/mol. The number of hydrogen-bond donors (Lipinski definition) is 0. The monoisotopic (exact) mass is 240 g/mol. The molecule has 0 radical (unpaired) electrons. The van der Waals surface area contributed by atoms with Crippen LogP contribution in [-0.2, 0) is 0 Å². The molecule has 18 heavy (non-hydrogen) atoms. The molecule has 0 saturated heterocycles. The standard InChI is InChI=1S/2C9H12/c2*1-2-8-5-7-3-4-9(8)6-7/h2*2-4,7,9H,5-6H2,1H3/b8-2+;8-2-/t2*7-,9-/m00/s1. The zero-order chi connectivity index (χ0) is 12.5. The highest BCUT2D eigenvalue weighted by Gasteiger charge is 2.30. The summed E-state index contributed by atoms with van der Waals surface area (Å²) in [6.45, 7) is 4.31. The van der Waals surface area contributed by atoms with Crippen molar-refractivity contribution in [1.82, 2.24) is 0 Å². The molecule has 0 nitrogen and oxygen atoms in total. The zero-order valence-corrected chi connectivity index (χ0v) is 11.6. The summed E-state index contributed by atoms with van der Waals surface area (Å²) in [4.78, 5) is 0. The second kappa shape index (κ2) is 4.91. The van der Waals surface area contributed by atoms with Crippen LogP contribution >= 0.6 is 0 Å². The van der Waals surface area contributed by atoms with Crippen molar-refractivity contribution in [3.05, 3.63) is 47.6 Å². The van der Waals surface area contributed by atoms with E-state index in [9.17, 15) is 0 Å². The van der Waals surface area contributed by atoms with E-state index in [0.717, 1.165) is 23.7 Å². The lowest BCUT2D eigenvalue weighted by molar-refractivity contribution is 0.693. The molecule has 0 aliphatic heterocycles. The fourth-order valence-corrected chi connectivity index (χ4v) is 3.97. The van der Waals surface area contributed by atoms with Crippen LogP contribution in [0, 0.1) is 23.7 Å². The minimum Gasteiger partial charge on any atom is -0.0878 e. The Kier molecular flexibility index (Phi) is 3.28. The Morgan fingerprint density at radius 3 is 1.39 bits per heavy atom. The smallest absolute Gasteiger partial charge is 0.00174 e. The maximum absolute atomic E-state index is 2.37. The SMILES string of the molecule is C/C=C1/C[C@@H]2C=C[C@H]1C2.C/C=C1\C[C@@H]2C=C[C@H]1C2. The highest BCUT2D eigenvalue weighted by atomic mass is 14.3.